The van der Waals surface area contributed by atoms with Gasteiger partial charge in [0.15, 0.2) is 5.78 Å². The molecule has 0 aromatic heterocycles. The maximum Gasteiger partial charge on any atom is 0.176 e. The summed E-state index contributed by atoms with van der Waals surface area (Å²) in [6.07, 6.45) is 1.07. The molecule has 0 amide bonds. The van der Waals surface area contributed by atoms with Crippen LogP contribution in [0, 0.1) is 5.92 Å². The zero-order valence-electron chi connectivity index (χ0n) is 13.6. The van der Waals surface area contributed by atoms with E-state index in [1.165, 1.54) is 5.69 Å². The molecular weight excluding hydrogens is 284 g/mol. The van der Waals surface area contributed by atoms with Crippen molar-refractivity contribution in [3.8, 4) is 0 Å². The Kier molecular flexibility index (Phi) is 5.09. The molecule has 3 rings (SSSR count). The van der Waals surface area contributed by atoms with Crippen LogP contribution in [0.15, 0.2) is 60.7 Å². The van der Waals surface area contributed by atoms with Gasteiger partial charge in [-0.3, -0.25) is 9.69 Å². The molecule has 0 unspecified atom stereocenters. The molecule has 1 saturated heterocycles. The normalized spacial score (nSPS) is 21.8. The topological polar surface area (TPSA) is 32.3 Å². The number of carbonyl (C=O) groups is 1. The molecular formula is C20H24N2O. The van der Waals surface area contributed by atoms with Crippen molar-refractivity contribution in [1.82, 2.24) is 4.90 Å². The lowest BCUT2D eigenvalue weighted by molar-refractivity contribution is 0.0884. The minimum Gasteiger partial charge on any atom is -0.382 e. The van der Waals surface area contributed by atoms with Crippen LogP contribution >= 0.6 is 0 Å². The Bertz CT molecular complexity index is 627. The molecule has 2 aromatic carbocycles. The van der Waals surface area contributed by atoms with Gasteiger partial charge in [0, 0.05) is 30.4 Å². The Morgan fingerprint density at radius 3 is 2.39 bits per heavy atom. The fourth-order valence-electron chi connectivity index (χ4n) is 3.26. The molecule has 1 fully saturated rings. The van der Waals surface area contributed by atoms with E-state index < -0.39 is 0 Å². The minimum absolute atomic E-state index is 0.215. The summed E-state index contributed by atoms with van der Waals surface area (Å²) in [5.41, 5.74) is 1.99. The van der Waals surface area contributed by atoms with E-state index in [-0.39, 0.29) is 5.78 Å². The predicted molar refractivity (Wildman–Crippen MR) is 94.8 cm³/mol. The number of Topliss-reactive ketones (excluding diaryl/α,β-unsaturated/α-hetero) is 1. The van der Waals surface area contributed by atoms with Crippen LogP contribution in [-0.2, 0) is 0 Å². The molecule has 1 aliphatic rings. The number of para-hydroxylation sites is 1. The molecule has 0 radical (unpaired) electrons. The van der Waals surface area contributed by atoms with Gasteiger partial charge in [-0.25, -0.2) is 0 Å². The minimum atomic E-state index is 0.215. The summed E-state index contributed by atoms with van der Waals surface area (Å²) >= 11 is 0. The van der Waals surface area contributed by atoms with Gasteiger partial charge in [0.05, 0.1) is 6.54 Å². The number of nitrogens with zero attached hydrogens (tertiary/aromatic N) is 1. The van der Waals surface area contributed by atoms with Crippen molar-refractivity contribution < 1.29 is 4.79 Å². The van der Waals surface area contributed by atoms with E-state index in [1.807, 2.05) is 36.4 Å². The number of hydrogen-bond donors (Lipinski definition) is 1. The van der Waals surface area contributed by atoms with Crippen LogP contribution in [0.1, 0.15) is 23.7 Å². The second-order valence-corrected chi connectivity index (χ2v) is 6.41. The van der Waals surface area contributed by atoms with E-state index in [9.17, 15) is 4.79 Å². The molecule has 3 nitrogen and oxygen atoms in total. The van der Waals surface area contributed by atoms with E-state index >= 15 is 0 Å². The highest BCUT2D eigenvalue weighted by Gasteiger charge is 2.27. The van der Waals surface area contributed by atoms with Gasteiger partial charge in [0.25, 0.3) is 0 Å². The average Bonchev–Trinajstić information content (AvgIpc) is 2.59. The molecule has 0 saturated carbocycles. The fraction of sp³-hybridized carbons (Fsp3) is 0.350. The van der Waals surface area contributed by atoms with Crippen LogP contribution in [0.2, 0.25) is 0 Å². The van der Waals surface area contributed by atoms with Crippen molar-refractivity contribution in [3.05, 3.63) is 66.2 Å². The molecule has 2 aromatic rings. The first-order valence-electron chi connectivity index (χ1n) is 8.34. The van der Waals surface area contributed by atoms with Gasteiger partial charge in [-0.15, -0.1) is 0 Å². The molecule has 23 heavy (non-hydrogen) atoms. The summed E-state index contributed by atoms with van der Waals surface area (Å²) in [5.74, 6) is 0.736. The van der Waals surface area contributed by atoms with Gasteiger partial charge in [-0.1, -0.05) is 55.5 Å². The smallest absolute Gasteiger partial charge is 0.176 e. The van der Waals surface area contributed by atoms with E-state index in [4.69, 9.17) is 0 Å². The first-order chi connectivity index (χ1) is 11.2. The van der Waals surface area contributed by atoms with Gasteiger partial charge in [-0.2, -0.15) is 0 Å². The summed E-state index contributed by atoms with van der Waals surface area (Å²) in [5, 5.41) is 3.62. The third-order valence-electron chi connectivity index (χ3n) is 4.58. The number of hydrogen-bond acceptors (Lipinski definition) is 3. The van der Waals surface area contributed by atoms with Crippen LogP contribution in [0.25, 0.3) is 0 Å². The molecule has 0 aliphatic carbocycles. The number of rotatable bonds is 5. The number of carbonyl (C=O) groups excluding carboxylic acids is 1. The van der Waals surface area contributed by atoms with E-state index in [2.05, 4.69) is 41.4 Å². The molecule has 2 atom stereocenters. The third-order valence-corrected chi connectivity index (χ3v) is 4.58. The van der Waals surface area contributed by atoms with Crippen LogP contribution in [0.3, 0.4) is 0 Å². The zero-order valence-corrected chi connectivity index (χ0v) is 13.6. The molecule has 1 N–H and O–H groups in total. The number of benzene rings is 2. The van der Waals surface area contributed by atoms with Crippen LogP contribution < -0.4 is 5.32 Å². The SMILES string of the molecule is C[C@@H]1CN(CC(=O)c2ccccc2)CC[C@@H]1Nc1ccccc1. The Balaban J connectivity index is 1.53. The zero-order chi connectivity index (χ0) is 16.1. The van der Waals surface area contributed by atoms with Crippen molar-refractivity contribution in [2.75, 3.05) is 25.0 Å². The monoisotopic (exact) mass is 308 g/mol. The van der Waals surface area contributed by atoms with Crippen LogP contribution in [0.5, 0.6) is 0 Å². The number of ketones is 1. The quantitative estimate of drug-likeness (QED) is 0.855. The first-order valence-corrected chi connectivity index (χ1v) is 8.34. The Morgan fingerprint density at radius 1 is 1.09 bits per heavy atom. The molecule has 0 bridgehead atoms. The maximum atomic E-state index is 12.3. The highest BCUT2D eigenvalue weighted by Crippen LogP contribution is 2.21. The van der Waals surface area contributed by atoms with Gasteiger partial charge in [0.1, 0.15) is 0 Å². The summed E-state index contributed by atoms with van der Waals surface area (Å²) in [4.78, 5) is 14.6. The second-order valence-electron chi connectivity index (χ2n) is 6.41. The van der Waals surface area contributed by atoms with Crippen molar-refractivity contribution >= 4 is 11.5 Å². The van der Waals surface area contributed by atoms with Gasteiger partial charge in [0.2, 0.25) is 0 Å². The molecule has 0 spiro atoms. The lowest BCUT2D eigenvalue weighted by Gasteiger charge is -2.37. The summed E-state index contributed by atoms with van der Waals surface area (Å²) in [7, 11) is 0. The highest BCUT2D eigenvalue weighted by molar-refractivity contribution is 5.97. The van der Waals surface area contributed by atoms with Crippen molar-refractivity contribution in [3.63, 3.8) is 0 Å². The summed E-state index contributed by atoms with van der Waals surface area (Å²) < 4.78 is 0. The fourth-order valence-corrected chi connectivity index (χ4v) is 3.26. The largest absolute Gasteiger partial charge is 0.382 e. The highest BCUT2D eigenvalue weighted by atomic mass is 16.1. The summed E-state index contributed by atoms with van der Waals surface area (Å²) in [6.45, 7) is 4.71. The molecule has 1 heterocycles. The molecule has 3 heteroatoms. The second kappa shape index (κ2) is 7.42. The lowest BCUT2D eigenvalue weighted by atomic mass is 9.93. The van der Waals surface area contributed by atoms with Crippen molar-refractivity contribution in [2.45, 2.75) is 19.4 Å². The predicted octanol–water partition coefficient (Wildman–Crippen LogP) is 3.69. The van der Waals surface area contributed by atoms with Crippen LogP contribution in [0.4, 0.5) is 5.69 Å². The van der Waals surface area contributed by atoms with E-state index in [0.717, 1.165) is 25.1 Å². The lowest BCUT2D eigenvalue weighted by Crippen LogP contribution is -2.46. The van der Waals surface area contributed by atoms with E-state index in [0.29, 0.717) is 18.5 Å². The number of likely N-dealkylation sites (tertiary alicyclic amines) is 1. The molecule has 1 aliphatic heterocycles. The van der Waals surface area contributed by atoms with Crippen molar-refractivity contribution in [1.29, 1.82) is 0 Å². The molecule has 120 valence electrons. The van der Waals surface area contributed by atoms with Crippen LogP contribution in [-0.4, -0.2) is 36.4 Å². The average molecular weight is 308 g/mol. The van der Waals surface area contributed by atoms with E-state index in [1.54, 1.807) is 0 Å². The number of nitrogens with one attached hydrogen (secondary N) is 1. The third kappa shape index (κ3) is 4.20. The Labute approximate surface area is 138 Å². The maximum absolute atomic E-state index is 12.3. The number of anilines is 1. The van der Waals surface area contributed by atoms with Gasteiger partial charge >= 0.3 is 0 Å². The standard InChI is InChI=1S/C20H24N2O/c1-16-14-22(15-20(23)17-8-4-2-5-9-17)13-12-19(16)21-18-10-6-3-7-11-18/h2-11,16,19,21H,12-15H2,1H3/t16-,19+/m1/s1. The van der Waals surface area contributed by atoms with Gasteiger partial charge < -0.3 is 5.32 Å². The Morgan fingerprint density at radius 2 is 1.74 bits per heavy atom. The van der Waals surface area contributed by atoms with Gasteiger partial charge in [-0.05, 0) is 24.5 Å². The summed E-state index contributed by atoms with van der Waals surface area (Å²) in [6, 6.07) is 20.4. The first kappa shape index (κ1) is 15.8. The Hall–Kier alpha value is -2.13. The van der Waals surface area contributed by atoms with Crippen molar-refractivity contribution in [2.24, 2.45) is 5.92 Å². The number of piperidine rings is 1.